The Labute approximate surface area is 155 Å². The number of aromatic nitrogens is 4. The van der Waals surface area contributed by atoms with Gasteiger partial charge in [0.15, 0.2) is 23.2 Å². The summed E-state index contributed by atoms with van der Waals surface area (Å²) in [5.74, 6) is 0.587. The Bertz CT molecular complexity index is 903. The number of hydrogen-bond donors (Lipinski definition) is 3. The van der Waals surface area contributed by atoms with Crippen molar-refractivity contribution in [2.75, 3.05) is 19.0 Å². The van der Waals surface area contributed by atoms with Gasteiger partial charge in [-0.3, -0.25) is 4.57 Å². The van der Waals surface area contributed by atoms with E-state index in [4.69, 9.17) is 9.47 Å². The highest BCUT2D eigenvalue weighted by molar-refractivity contribution is 5.82. The smallest absolute Gasteiger partial charge is 0.167 e. The number of benzene rings is 1. The van der Waals surface area contributed by atoms with Crippen molar-refractivity contribution in [3.63, 3.8) is 0 Å². The monoisotopic (exact) mass is 371 g/mol. The van der Waals surface area contributed by atoms with Crippen LogP contribution in [0.1, 0.15) is 11.8 Å². The zero-order chi connectivity index (χ0) is 18.8. The van der Waals surface area contributed by atoms with Crippen molar-refractivity contribution in [3.8, 4) is 0 Å². The SMILES string of the molecule is COC[C@H]1O[C@@H](n2cnc3c(NCc4ccccc4)ncnc32)[C@H](O)[C@@H]1O. The highest BCUT2D eigenvalue weighted by Gasteiger charge is 2.44. The van der Waals surface area contributed by atoms with Crippen LogP contribution in [-0.4, -0.2) is 61.8 Å². The number of nitrogens with one attached hydrogen (secondary N) is 1. The van der Waals surface area contributed by atoms with Crippen molar-refractivity contribution in [1.82, 2.24) is 19.5 Å². The van der Waals surface area contributed by atoms with Gasteiger partial charge in [-0.15, -0.1) is 0 Å². The first-order chi connectivity index (χ1) is 13.2. The van der Waals surface area contributed by atoms with E-state index in [0.717, 1.165) is 5.56 Å². The highest BCUT2D eigenvalue weighted by atomic mass is 16.6. The molecule has 2 aromatic heterocycles. The molecule has 3 heterocycles. The molecule has 0 aliphatic carbocycles. The van der Waals surface area contributed by atoms with E-state index < -0.39 is 24.5 Å². The molecule has 3 N–H and O–H groups in total. The molecule has 0 unspecified atom stereocenters. The fourth-order valence-electron chi connectivity index (χ4n) is 3.21. The second-order valence-corrected chi connectivity index (χ2v) is 6.39. The number of rotatable bonds is 6. The van der Waals surface area contributed by atoms with Crippen molar-refractivity contribution in [2.24, 2.45) is 0 Å². The number of aliphatic hydroxyl groups is 2. The number of fused-ring (bicyclic) bond motifs is 1. The summed E-state index contributed by atoms with van der Waals surface area (Å²) in [6.07, 6.45) is -0.628. The molecule has 1 fully saturated rings. The van der Waals surface area contributed by atoms with Crippen molar-refractivity contribution in [3.05, 3.63) is 48.5 Å². The van der Waals surface area contributed by atoms with Gasteiger partial charge in [0.05, 0.1) is 12.9 Å². The van der Waals surface area contributed by atoms with Gasteiger partial charge in [-0.05, 0) is 5.56 Å². The first-order valence-electron chi connectivity index (χ1n) is 8.65. The van der Waals surface area contributed by atoms with Crippen LogP contribution in [0.4, 0.5) is 5.82 Å². The maximum atomic E-state index is 10.4. The van der Waals surface area contributed by atoms with Gasteiger partial charge in [0.1, 0.15) is 24.6 Å². The fourth-order valence-corrected chi connectivity index (χ4v) is 3.21. The minimum atomic E-state index is -1.11. The summed E-state index contributed by atoms with van der Waals surface area (Å²) in [6.45, 7) is 0.775. The molecule has 0 amide bonds. The van der Waals surface area contributed by atoms with E-state index >= 15 is 0 Å². The molecule has 1 aromatic carbocycles. The Balaban J connectivity index is 1.59. The first kappa shape index (κ1) is 17.8. The van der Waals surface area contributed by atoms with E-state index in [1.807, 2.05) is 30.3 Å². The quantitative estimate of drug-likeness (QED) is 0.580. The average molecular weight is 371 g/mol. The third-order valence-electron chi connectivity index (χ3n) is 4.60. The van der Waals surface area contributed by atoms with Crippen molar-refractivity contribution < 1.29 is 19.7 Å². The molecule has 142 valence electrons. The molecule has 1 saturated heterocycles. The molecule has 0 saturated carbocycles. The largest absolute Gasteiger partial charge is 0.387 e. The molecule has 9 nitrogen and oxygen atoms in total. The van der Waals surface area contributed by atoms with Crippen LogP contribution in [0.25, 0.3) is 11.2 Å². The first-order valence-corrected chi connectivity index (χ1v) is 8.65. The summed E-state index contributed by atoms with van der Waals surface area (Å²) in [6, 6.07) is 9.95. The van der Waals surface area contributed by atoms with E-state index in [2.05, 4.69) is 20.3 Å². The highest BCUT2D eigenvalue weighted by Crippen LogP contribution is 2.32. The molecule has 1 aliphatic rings. The Kier molecular flexibility index (Phi) is 4.99. The second-order valence-electron chi connectivity index (χ2n) is 6.39. The summed E-state index contributed by atoms with van der Waals surface area (Å²) >= 11 is 0. The predicted molar refractivity (Wildman–Crippen MR) is 96.9 cm³/mol. The Morgan fingerprint density at radius 1 is 1.15 bits per heavy atom. The van der Waals surface area contributed by atoms with Crippen molar-refractivity contribution in [1.29, 1.82) is 0 Å². The van der Waals surface area contributed by atoms with Gasteiger partial charge >= 0.3 is 0 Å². The van der Waals surface area contributed by atoms with E-state index in [-0.39, 0.29) is 6.61 Å². The zero-order valence-corrected chi connectivity index (χ0v) is 14.8. The summed E-state index contributed by atoms with van der Waals surface area (Å²) in [5.41, 5.74) is 2.19. The number of anilines is 1. The summed E-state index contributed by atoms with van der Waals surface area (Å²) in [7, 11) is 1.51. The lowest BCUT2D eigenvalue weighted by molar-refractivity contribution is -0.0580. The van der Waals surface area contributed by atoms with Crippen LogP contribution in [0.15, 0.2) is 43.0 Å². The molecular weight excluding hydrogens is 350 g/mol. The second kappa shape index (κ2) is 7.57. The lowest BCUT2D eigenvalue weighted by Gasteiger charge is -2.16. The van der Waals surface area contributed by atoms with Crippen molar-refractivity contribution >= 4 is 17.0 Å². The van der Waals surface area contributed by atoms with Crippen LogP contribution in [0.5, 0.6) is 0 Å². The van der Waals surface area contributed by atoms with Gasteiger partial charge in [0, 0.05) is 13.7 Å². The Morgan fingerprint density at radius 2 is 1.96 bits per heavy atom. The van der Waals surface area contributed by atoms with E-state index in [1.165, 1.54) is 19.8 Å². The summed E-state index contributed by atoms with van der Waals surface area (Å²) in [4.78, 5) is 12.9. The number of hydrogen-bond acceptors (Lipinski definition) is 8. The van der Waals surface area contributed by atoms with Crippen LogP contribution in [-0.2, 0) is 16.0 Å². The van der Waals surface area contributed by atoms with Crippen LogP contribution >= 0.6 is 0 Å². The molecule has 9 heteroatoms. The zero-order valence-electron chi connectivity index (χ0n) is 14.8. The minimum absolute atomic E-state index is 0.181. The van der Waals surface area contributed by atoms with Crippen LogP contribution in [0.3, 0.4) is 0 Å². The molecular formula is C18H21N5O4. The molecule has 27 heavy (non-hydrogen) atoms. The number of methoxy groups -OCH3 is 1. The van der Waals surface area contributed by atoms with Crippen molar-refractivity contribution in [2.45, 2.75) is 31.1 Å². The number of nitrogens with zero attached hydrogens (tertiary/aromatic N) is 4. The third-order valence-corrected chi connectivity index (χ3v) is 4.60. The van der Waals surface area contributed by atoms with Gasteiger partial charge in [0.2, 0.25) is 0 Å². The minimum Gasteiger partial charge on any atom is -0.387 e. The number of aliphatic hydroxyl groups excluding tert-OH is 2. The van der Waals surface area contributed by atoms with Gasteiger partial charge in [0.25, 0.3) is 0 Å². The Hall–Kier alpha value is -2.59. The van der Waals surface area contributed by atoms with Crippen LogP contribution in [0, 0.1) is 0 Å². The standard InChI is InChI=1S/C18H21N5O4/c1-26-8-12-14(24)15(25)18(27-12)23-10-22-13-16(20-9-21-17(13)23)19-7-11-5-3-2-4-6-11/h2-6,9-10,12,14-15,18,24-25H,7-8H2,1H3,(H,19,20,21)/t12-,14-,15-,18-/m1/s1. The van der Waals surface area contributed by atoms with Gasteiger partial charge in [-0.25, -0.2) is 15.0 Å². The molecule has 4 rings (SSSR count). The molecule has 0 bridgehead atoms. The van der Waals surface area contributed by atoms with Crippen LogP contribution < -0.4 is 5.32 Å². The number of imidazole rings is 1. The van der Waals surface area contributed by atoms with Gasteiger partial charge < -0.3 is 25.0 Å². The van der Waals surface area contributed by atoms with Gasteiger partial charge in [-0.1, -0.05) is 30.3 Å². The van der Waals surface area contributed by atoms with E-state index in [9.17, 15) is 10.2 Å². The lowest BCUT2D eigenvalue weighted by atomic mass is 10.1. The average Bonchev–Trinajstić information content (AvgIpc) is 3.24. The Morgan fingerprint density at radius 3 is 2.74 bits per heavy atom. The fraction of sp³-hybridized carbons (Fsp3) is 0.389. The molecule has 0 radical (unpaired) electrons. The molecule has 1 aliphatic heterocycles. The summed E-state index contributed by atoms with van der Waals surface area (Å²) < 4.78 is 12.4. The maximum Gasteiger partial charge on any atom is 0.167 e. The number of ether oxygens (including phenoxy) is 2. The van der Waals surface area contributed by atoms with Gasteiger partial charge in [-0.2, -0.15) is 0 Å². The summed E-state index contributed by atoms with van der Waals surface area (Å²) in [5, 5.41) is 23.8. The lowest BCUT2D eigenvalue weighted by Crippen LogP contribution is -2.33. The normalized spacial score (nSPS) is 25.1. The maximum absolute atomic E-state index is 10.4. The molecule has 4 atom stereocenters. The topological polar surface area (TPSA) is 115 Å². The van der Waals surface area contributed by atoms with Crippen LogP contribution in [0.2, 0.25) is 0 Å². The third kappa shape index (κ3) is 3.37. The molecule has 0 spiro atoms. The predicted octanol–water partition coefficient (Wildman–Crippen LogP) is 0.704. The van der Waals surface area contributed by atoms with E-state index in [0.29, 0.717) is 23.5 Å². The molecule has 3 aromatic rings. The van der Waals surface area contributed by atoms with E-state index in [1.54, 1.807) is 4.57 Å².